The monoisotopic (exact) mass is 348 g/mol. The zero-order valence-electron chi connectivity index (χ0n) is 14.9. The van der Waals surface area contributed by atoms with Crippen LogP contribution in [0.1, 0.15) is 31.2 Å². The molecular weight excluding hydrogens is 319 g/mol. The minimum Gasteiger partial charge on any atom is -0.396 e. The predicted molar refractivity (Wildman–Crippen MR) is 95.7 cm³/mol. The molecule has 4 nitrogen and oxygen atoms in total. The van der Waals surface area contributed by atoms with Gasteiger partial charge in [0.2, 0.25) is 5.91 Å². The van der Waals surface area contributed by atoms with Crippen molar-refractivity contribution in [1.29, 1.82) is 0 Å². The fraction of sp³-hybridized carbons (Fsp3) is 0.650. The number of rotatable bonds is 5. The minimum absolute atomic E-state index is 0.0300. The number of hydrogen-bond acceptors (Lipinski definition) is 3. The summed E-state index contributed by atoms with van der Waals surface area (Å²) >= 11 is 0. The molecule has 2 fully saturated rings. The van der Waals surface area contributed by atoms with E-state index in [-0.39, 0.29) is 30.7 Å². The van der Waals surface area contributed by atoms with Gasteiger partial charge < -0.3 is 14.9 Å². The first-order valence-electron chi connectivity index (χ1n) is 9.51. The molecule has 2 heterocycles. The first-order chi connectivity index (χ1) is 12.2. The molecule has 2 atom stereocenters. The lowest BCUT2D eigenvalue weighted by Gasteiger charge is -2.26. The molecule has 0 aromatic heterocycles. The summed E-state index contributed by atoms with van der Waals surface area (Å²) in [5, 5.41) is 9.74. The normalized spacial score (nSPS) is 25.1. The molecule has 3 rings (SSSR count). The van der Waals surface area contributed by atoms with Crippen molar-refractivity contribution in [2.24, 2.45) is 11.8 Å². The minimum atomic E-state index is -0.306. The Kier molecular flexibility index (Phi) is 6.43. The molecule has 25 heavy (non-hydrogen) atoms. The van der Waals surface area contributed by atoms with Crippen molar-refractivity contribution in [2.75, 3.05) is 39.3 Å². The highest BCUT2D eigenvalue weighted by Gasteiger charge is 2.35. The van der Waals surface area contributed by atoms with Crippen molar-refractivity contribution in [3.8, 4) is 0 Å². The van der Waals surface area contributed by atoms with Gasteiger partial charge in [0.25, 0.3) is 0 Å². The maximum Gasteiger partial charge on any atom is 0.227 e. The van der Waals surface area contributed by atoms with Gasteiger partial charge >= 0.3 is 0 Å². The Hall–Kier alpha value is -1.46. The highest BCUT2D eigenvalue weighted by molar-refractivity contribution is 5.79. The number of halogens is 1. The maximum absolute atomic E-state index is 13.3. The summed E-state index contributed by atoms with van der Waals surface area (Å²) < 4.78 is 13.3. The van der Waals surface area contributed by atoms with Crippen LogP contribution in [-0.2, 0) is 11.2 Å². The van der Waals surface area contributed by atoms with E-state index >= 15 is 0 Å². The van der Waals surface area contributed by atoms with E-state index in [0.29, 0.717) is 24.6 Å². The zero-order chi connectivity index (χ0) is 17.6. The number of likely N-dealkylation sites (tertiary alicyclic amines) is 2. The largest absolute Gasteiger partial charge is 0.396 e. The van der Waals surface area contributed by atoms with E-state index in [1.54, 1.807) is 12.1 Å². The van der Waals surface area contributed by atoms with Gasteiger partial charge in [-0.2, -0.15) is 0 Å². The van der Waals surface area contributed by atoms with Crippen molar-refractivity contribution in [3.63, 3.8) is 0 Å². The first kappa shape index (κ1) is 18.3. The Morgan fingerprint density at radius 2 is 1.84 bits per heavy atom. The summed E-state index contributed by atoms with van der Waals surface area (Å²) in [7, 11) is 0. The lowest BCUT2D eigenvalue weighted by Crippen LogP contribution is -2.35. The molecule has 2 aliphatic heterocycles. The highest BCUT2D eigenvalue weighted by atomic mass is 19.1. The molecule has 1 N–H and O–H groups in total. The number of hydrogen-bond donors (Lipinski definition) is 1. The Labute approximate surface area is 149 Å². The summed E-state index contributed by atoms with van der Waals surface area (Å²) in [5.41, 5.74) is 0.710. The van der Waals surface area contributed by atoms with Gasteiger partial charge in [0, 0.05) is 32.2 Å². The quantitative estimate of drug-likeness (QED) is 0.888. The molecule has 0 saturated carbocycles. The van der Waals surface area contributed by atoms with Crippen molar-refractivity contribution in [2.45, 2.75) is 32.1 Å². The lowest BCUT2D eigenvalue weighted by atomic mass is 9.96. The van der Waals surface area contributed by atoms with Crippen molar-refractivity contribution in [3.05, 3.63) is 35.6 Å². The number of carbonyl (C=O) groups is 1. The van der Waals surface area contributed by atoms with Crippen molar-refractivity contribution in [1.82, 2.24) is 9.80 Å². The number of carbonyl (C=O) groups excluding carboxylic acids is 1. The smallest absolute Gasteiger partial charge is 0.227 e. The Morgan fingerprint density at radius 3 is 2.52 bits per heavy atom. The molecule has 0 bridgehead atoms. The molecule has 0 aliphatic carbocycles. The van der Waals surface area contributed by atoms with Crippen LogP contribution >= 0.6 is 0 Å². The molecule has 0 unspecified atom stereocenters. The second-order valence-corrected chi connectivity index (χ2v) is 7.52. The third kappa shape index (κ3) is 5.02. The van der Waals surface area contributed by atoms with Crippen LogP contribution in [0.25, 0.3) is 0 Å². The first-order valence-corrected chi connectivity index (χ1v) is 9.51. The van der Waals surface area contributed by atoms with E-state index in [4.69, 9.17) is 0 Å². The van der Waals surface area contributed by atoms with Gasteiger partial charge in [-0.05, 0) is 49.5 Å². The number of aliphatic hydroxyl groups is 1. The van der Waals surface area contributed by atoms with Crippen LogP contribution in [0.3, 0.4) is 0 Å². The summed E-state index contributed by atoms with van der Waals surface area (Å²) in [4.78, 5) is 16.9. The number of amides is 1. The predicted octanol–water partition coefficient (Wildman–Crippen LogP) is 2.31. The van der Waals surface area contributed by atoms with Crippen molar-refractivity contribution < 1.29 is 14.3 Å². The zero-order valence-corrected chi connectivity index (χ0v) is 14.9. The van der Waals surface area contributed by atoms with E-state index in [1.807, 2.05) is 4.90 Å². The van der Waals surface area contributed by atoms with E-state index < -0.39 is 0 Å². The topological polar surface area (TPSA) is 43.8 Å². The van der Waals surface area contributed by atoms with Crippen LogP contribution in [-0.4, -0.2) is 60.1 Å². The summed E-state index contributed by atoms with van der Waals surface area (Å²) in [6.07, 6.45) is 5.34. The fourth-order valence-electron chi connectivity index (χ4n) is 4.14. The molecule has 5 heteroatoms. The SMILES string of the molecule is O=C(Cc1cccc(F)c1)N1C[C@@H](CN2CCCCCC2)[C@@H](CO)C1. The molecular formula is C20H29FN2O2. The number of nitrogens with zero attached hydrogens (tertiary/aromatic N) is 2. The van der Waals surface area contributed by atoms with E-state index in [0.717, 1.165) is 19.6 Å². The summed E-state index contributed by atoms with van der Waals surface area (Å²) in [6, 6.07) is 6.24. The second kappa shape index (κ2) is 8.77. The fourth-order valence-corrected chi connectivity index (χ4v) is 4.14. The van der Waals surface area contributed by atoms with Gasteiger partial charge in [-0.25, -0.2) is 4.39 Å². The molecule has 0 spiro atoms. The highest BCUT2D eigenvalue weighted by Crippen LogP contribution is 2.26. The van der Waals surface area contributed by atoms with Crippen LogP contribution in [0.5, 0.6) is 0 Å². The summed E-state index contributed by atoms with van der Waals surface area (Å²) in [5.74, 6) is 0.209. The van der Waals surface area contributed by atoms with Gasteiger partial charge in [-0.1, -0.05) is 25.0 Å². The molecule has 2 aliphatic rings. The Morgan fingerprint density at radius 1 is 1.12 bits per heavy atom. The van der Waals surface area contributed by atoms with Gasteiger partial charge in [-0.15, -0.1) is 0 Å². The van der Waals surface area contributed by atoms with Crippen LogP contribution in [0.4, 0.5) is 4.39 Å². The standard InChI is InChI=1S/C20H29FN2O2/c21-19-7-5-6-16(10-19)11-20(25)23-13-17(18(14-23)15-24)12-22-8-3-1-2-4-9-22/h5-7,10,17-18,24H,1-4,8-9,11-15H2/t17-,18-/m1/s1. The van der Waals surface area contributed by atoms with Gasteiger partial charge in [-0.3, -0.25) is 4.79 Å². The van der Waals surface area contributed by atoms with E-state index in [9.17, 15) is 14.3 Å². The molecule has 0 radical (unpaired) electrons. The van der Waals surface area contributed by atoms with Gasteiger partial charge in [0.05, 0.1) is 6.42 Å². The van der Waals surface area contributed by atoms with Gasteiger partial charge in [0.15, 0.2) is 0 Å². The Balaban J connectivity index is 1.57. The van der Waals surface area contributed by atoms with Crippen LogP contribution in [0.15, 0.2) is 24.3 Å². The molecule has 1 aromatic carbocycles. The summed E-state index contributed by atoms with van der Waals surface area (Å²) in [6.45, 7) is 4.67. The third-order valence-electron chi connectivity index (χ3n) is 5.60. The molecule has 1 amide bonds. The Bertz CT molecular complexity index is 573. The number of aliphatic hydroxyl groups excluding tert-OH is 1. The molecule has 1 aromatic rings. The lowest BCUT2D eigenvalue weighted by molar-refractivity contribution is -0.129. The van der Waals surface area contributed by atoms with Crippen LogP contribution < -0.4 is 0 Å². The van der Waals surface area contributed by atoms with Gasteiger partial charge in [0.1, 0.15) is 5.82 Å². The third-order valence-corrected chi connectivity index (χ3v) is 5.60. The van der Waals surface area contributed by atoms with Crippen LogP contribution in [0.2, 0.25) is 0 Å². The average molecular weight is 348 g/mol. The average Bonchev–Trinajstić information content (AvgIpc) is 2.82. The number of benzene rings is 1. The maximum atomic E-state index is 13.3. The second-order valence-electron chi connectivity index (χ2n) is 7.52. The van der Waals surface area contributed by atoms with E-state index in [2.05, 4.69) is 4.90 Å². The van der Waals surface area contributed by atoms with E-state index in [1.165, 1.54) is 37.8 Å². The molecule has 138 valence electrons. The van der Waals surface area contributed by atoms with Crippen molar-refractivity contribution >= 4 is 5.91 Å². The molecule has 2 saturated heterocycles. The van der Waals surface area contributed by atoms with Crippen LogP contribution in [0, 0.1) is 17.7 Å².